The first-order valence-electron chi connectivity index (χ1n) is 5.62. The van der Waals surface area contributed by atoms with E-state index in [2.05, 4.69) is 10.6 Å². The fourth-order valence-corrected chi connectivity index (χ4v) is 1.38. The van der Waals surface area contributed by atoms with E-state index in [1.807, 2.05) is 0 Å². The number of phenolic OH excluding ortho intramolecular Hbond substituents is 2. The third-order valence-electron chi connectivity index (χ3n) is 2.27. The maximum Gasteiger partial charge on any atom is 0.255 e. The van der Waals surface area contributed by atoms with Crippen molar-refractivity contribution in [2.45, 2.75) is 13.3 Å². The summed E-state index contributed by atoms with van der Waals surface area (Å²) in [5.41, 5.74) is -0.0223. The summed E-state index contributed by atoms with van der Waals surface area (Å²) < 4.78 is 0. The lowest BCUT2D eigenvalue weighted by atomic mass is 10.1. The quantitative estimate of drug-likeness (QED) is 0.568. The van der Waals surface area contributed by atoms with E-state index in [1.54, 1.807) is 6.92 Å². The molecule has 2 amide bonds. The molecule has 0 saturated carbocycles. The predicted molar refractivity (Wildman–Crippen MR) is 65.4 cm³/mol. The fraction of sp³-hybridized carbons (Fsp3) is 0.333. The number of para-hydroxylation sites is 1. The summed E-state index contributed by atoms with van der Waals surface area (Å²) in [5, 5.41) is 23.8. The minimum atomic E-state index is -0.535. The first-order valence-corrected chi connectivity index (χ1v) is 5.62. The van der Waals surface area contributed by atoms with E-state index < -0.39 is 11.7 Å². The maximum atomic E-state index is 11.6. The molecule has 0 fully saturated rings. The second-order valence-corrected chi connectivity index (χ2v) is 3.63. The van der Waals surface area contributed by atoms with E-state index in [-0.39, 0.29) is 30.2 Å². The second-order valence-electron chi connectivity index (χ2n) is 3.63. The highest BCUT2D eigenvalue weighted by molar-refractivity contribution is 5.97. The number of aromatic hydroxyl groups is 2. The molecule has 1 rings (SSSR count). The van der Waals surface area contributed by atoms with Crippen molar-refractivity contribution in [2.24, 2.45) is 0 Å². The van der Waals surface area contributed by atoms with Crippen molar-refractivity contribution in [1.29, 1.82) is 0 Å². The van der Waals surface area contributed by atoms with Gasteiger partial charge in [0.05, 0.1) is 5.56 Å². The van der Waals surface area contributed by atoms with Crippen molar-refractivity contribution >= 4 is 11.8 Å². The lowest BCUT2D eigenvalue weighted by Crippen LogP contribution is -2.30. The van der Waals surface area contributed by atoms with Crippen LogP contribution in [0.1, 0.15) is 23.7 Å². The SMILES string of the molecule is CCNC(=O)CCNC(=O)c1cccc(O)c1O. The number of hydrogen-bond donors (Lipinski definition) is 4. The normalized spacial score (nSPS) is 9.83. The monoisotopic (exact) mass is 252 g/mol. The van der Waals surface area contributed by atoms with E-state index in [9.17, 15) is 19.8 Å². The minimum absolute atomic E-state index is 0.0223. The maximum absolute atomic E-state index is 11.6. The summed E-state index contributed by atoms with van der Waals surface area (Å²) in [4.78, 5) is 22.8. The molecular formula is C12H16N2O4. The summed E-state index contributed by atoms with van der Waals surface area (Å²) in [6, 6.07) is 4.12. The molecule has 1 aromatic rings. The van der Waals surface area contributed by atoms with Gasteiger partial charge in [0, 0.05) is 19.5 Å². The molecule has 6 nitrogen and oxygen atoms in total. The van der Waals surface area contributed by atoms with E-state index in [0.717, 1.165) is 0 Å². The molecule has 18 heavy (non-hydrogen) atoms. The molecule has 0 saturated heterocycles. The van der Waals surface area contributed by atoms with Gasteiger partial charge in [0.2, 0.25) is 5.91 Å². The number of rotatable bonds is 5. The number of benzene rings is 1. The van der Waals surface area contributed by atoms with Crippen LogP contribution in [0.4, 0.5) is 0 Å². The van der Waals surface area contributed by atoms with Crippen molar-refractivity contribution in [3.63, 3.8) is 0 Å². The first-order chi connectivity index (χ1) is 8.56. The molecule has 0 heterocycles. The Morgan fingerprint density at radius 2 is 1.94 bits per heavy atom. The zero-order valence-electron chi connectivity index (χ0n) is 10.1. The van der Waals surface area contributed by atoms with E-state index in [0.29, 0.717) is 6.54 Å². The van der Waals surface area contributed by atoms with Gasteiger partial charge in [0.25, 0.3) is 5.91 Å². The zero-order valence-corrected chi connectivity index (χ0v) is 10.1. The summed E-state index contributed by atoms with van der Waals surface area (Å²) in [6.45, 7) is 2.52. The van der Waals surface area contributed by atoms with Gasteiger partial charge >= 0.3 is 0 Å². The molecular weight excluding hydrogens is 236 g/mol. The third kappa shape index (κ3) is 3.65. The Kier molecular flexibility index (Phi) is 4.98. The van der Waals surface area contributed by atoms with Gasteiger partial charge < -0.3 is 20.8 Å². The van der Waals surface area contributed by atoms with Crippen molar-refractivity contribution in [2.75, 3.05) is 13.1 Å². The number of nitrogens with one attached hydrogen (secondary N) is 2. The molecule has 4 N–H and O–H groups in total. The van der Waals surface area contributed by atoms with E-state index >= 15 is 0 Å². The smallest absolute Gasteiger partial charge is 0.255 e. The van der Waals surface area contributed by atoms with Crippen LogP contribution in [-0.4, -0.2) is 35.1 Å². The summed E-state index contributed by atoms with van der Waals surface area (Å²) in [5.74, 6) is -1.51. The zero-order chi connectivity index (χ0) is 13.5. The molecule has 0 aliphatic rings. The largest absolute Gasteiger partial charge is 0.504 e. The van der Waals surface area contributed by atoms with Crippen LogP contribution >= 0.6 is 0 Å². The molecule has 0 aromatic heterocycles. The van der Waals surface area contributed by atoms with E-state index in [4.69, 9.17) is 0 Å². The molecule has 98 valence electrons. The van der Waals surface area contributed by atoms with Crippen molar-refractivity contribution in [3.05, 3.63) is 23.8 Å². The van der Waals surface area contributed by atoms with Gasteiger partial charge in [-0.15, -0.1) is 0 Å². The number of carbonyl (C=O) groups excluding carboxylic acids is 2. The van der Waals surface area contributed by atoms with Gasteiger partial charge in [-0.05, 0) is 19.1 Å². The molecule has 0 unspecified atom stereocenters. The van der Waals surface area contributed by atoms with Gasteiger partial charge in [-0.3, -0.25) is 9.59 Å². The number of amides is 2. The van der Waals surface area contributed by atoms with Crippen LogP contribution in [-0.2, 0) is 4.79 Å². The molecule has 0 aliphatic carbocycles. The van der Waals surface area contributed by atoms with Gasteiger partial charge in [-0.1, -0.05) is 6.07 Å². The highest BCUT2D eigenvalue weighted by Crippen LogP contribution is 2.27. The predicted octanol–water partition coefficient (Wildman–Crippen LogP) is 0.354. The molecule has 0 atom stereocenters. The van der Waals surface area contributed by atoms with Gasteiger partial charge in [-0.2, -0.15) is 0 Å². The van der Waals surface area contributed by atoms with Crippen molar-refractivity contribution in [1.82, 2.24) is 10.6 Å². The van der Waals surface area contributed by atoms with Crippen LogP contribution in [0.5, 0.6) is 11.5 Å². The fourth-order valence-electron chi connectivity index (χ4n) is 1.38. The molecule has 1 aromatic carbocycles. The van der Waals surface area contributed by atoms with E-state index in [1.165, 1.54) is 18.2 Å². The van der Waals surface area contributed by atoms with Crippen LogP contribution in [0.2, 0.25) is 0 Å². The molecule has 0 radical (unpaired) electrons. The third-order valence-corrected chi connectivity index (χ3v) is 2.27. The Hall–Kier alpha value is -2.24. The Labute approximate surface area is 105 Å². The van der Waals surface area contributed by atoms with Gasteiger partial charge in [0.15, 0.2) is 11.5 Å². The average Bonchev–Trinajstić information content (AvgIpc) is 2.33. The van der Waals surface area contributed by atoms with Gasteiger partial charge in [-0.25, -0.2) is 0 Å². The van der Waals surface area contributed by atoms with Crippen LogP contribution in [0.25, 0.3) is 0 Å². The van der Waals surface area contributed by atoms with Gasteiger partial charge in [0.1, 0.15) is 0 Å². The highest BCUT2D eigenvalue weighted by Gasteiger charge is 2.13. The minimum Gasteiger partial charge on any atom is -0.504 e. The lowest BCUT2D eigenvalue weighted by Gasteiger charge is -2.07. The second kappa shape index (κ2) is 6.48. The standard InChI is InChI=1S/C12H16N2O4/c1-2-13-10(16)6-7-14-12(18)8-4-3-5-9(15)11(8)17/h3-5,15,17H,2,6-7H2,1H3,(H,13,16)(H,14,18). The van der Waals surface area contributed by atoms with Crippen molar-refractivity contribution < 1.29 is 19.8 Å². The molecule has 0 aliphatic heterocycles. The lowest BCUT2D eigenvalue weighted by molar-refractivity contribution is -0.120. The summed E-state index contributed by atoms with van der Waals surface area (Å²) >= 11 is 0. The Morgan fingerprint density at radius 1 is 1.22 bits per heavy atom. The van der Waals surface area contributed by atoms with Crippen LogP contribution < -0.4 is 10.6 Å². The Morgan fingerprint density at radius 3 is 2.61 bits per heavy atom. The first kappa shape index (κ1) is 13.8. The van der Waals surface area contributed by atoms with Crippen LogP contribution in [0, 0.1) is 0 Å². The molecule has 0 spiro atoms. The summed E-state index contributed by atoms with van der Waals surface area (Å²) in [7, 11) is 0. The number of phenols is 2. The molecule has 6 heteroatoms. The molecule has 0 bridgehead atoms. The topological polar surface area (TPSA) is 98.7 Å². The Bertz CT molecular complexity index is 446. The average molecular weight is 252 g/mol. The number of hydrogen-bond acceptors (Lipinski definition) is 4. The van der Waals surface area contributed by atoms with Crippen LogP contribution in [0.15, 0.2) is 18.2 Å². The highest BCUT2D eigenvalue weighted by atomic mass is 16.3. The summed E-state index contributed by atoms with van der Waals surface area (Å²) in [6.07, 6.45) is 0.166. The number of carbonyl (C=O) groups is 2. The van der Waals surface area contributed by atoms with Crippen molar-refractivity contribution in [3.8, 4) is 11.5 Å². The van der Waals surface area contributed by atoms with Crippen LogP contribution in [0.3, 0.4) is 0 Å². The Balaban J connectivity index is 2.51.